The molecular formula is C12H6Br4N2. The van der Waals surface area contributed by atoms with Crippen molar-refractivity contribution in [1.29, 1.82) is 0 Å². The molecule has 2 rings (SSSR count). The number of hydrogen-bond donors (Lipinski definition) is 0. The molecule has 6 heteroatoms. The van der Waals surface area contributed by atoms with E-state index in [2.05, 4.69) is 73.9 Å². The Hall–Kier alpha value is -0.0400. The van der Waals surface area contributed by atoms with E-state index in [1.807, 2.05) is 36.4 Å². The van der Waals surface area contributed by atoms with Crippen LogP contribution in [0.1, 0.15) is 0 Å². The number of halogens is 4. The fourth-order valence-electron chi connectivity index (χ4n) is 1.24. The predicted octanol–water partition coefficient (Wildman–Crippen LogP) is 7.15. The van der Waals surface area contributed by atoms with Crippen LogP contribution < -0.4 is 0 Å². The van der Waals surface area contributed by atoms with Gasteiger partial charge in [0.2, 0.25) is 0 Å². The summed E-state index contributed by atoms with van der Waals surface area (Å²) in [7, 11) is 0. The van der Waals surface area contributed by atoms with Crippen LogP contribution in [0.3, 0.4) is 0 Å². The summed E-state index contributed by atoms with van der Waals surface area (Å²) in [6, 6.07) is 11.5. The van der Waals surface area contributed by atoms with Crippen LogP contribution in [0.2, 0.25) is 0 Å². The molecule has 0 atom stereocenters. The average Bonchev–Trinajstić information content (AvgIpc) is 2.40. The van der Waals surface area contributed by atoms with E-state index in [4.69, 9.17) is 0 Å². The van der Waals surface area contributed by atoms with E-state index in [1.54, 1.807) is 0 Å². The Balaban J connectivity index is 2.39. The summed E-state index contributed by atoms with van der Waals surface area (Å²) in [4.78, 5) is 0. The summed E-state index contributed by atoms with van der Waals surface area (Å²) in [5.41, 5.74) is 1.57. The second kappa shape index (κ2) is 6.41. The second-order valence-corrected chi connectivity index (χ2v) is 6.59. The molecule has 0 amide bonds. The maximum Gasteiger partial charge on any atom is 0.102 e. The van der Waals surface area contributed by atoms with Crippen LogP contribution in [-0.4, -0.2) is 0 Å². The van der Waals surface area contributed by atoms with Gasteiger partial charge in [0.25, 0.3) is 0 Å². The van der Waals surface area contributed by atoms with E-state index in [9.17, 15) is 0 Å². The van der Waals surface area contributed by atoms with Crippen LogP contribution in [-0.2, 0) is 0 Å². The molecule has 0 aliphatic rings. The molecule has 0 heterocycles. The maximum absolute atomic E-state index is 4.24. The van der Waals surface area contributed by atoms with Crippen LogP contribution in [0, 0.1) is 0 Å². The highest BCUT2D eigenvalue weighted by Gasteiger charge is 2.11. The minimum absolute atomic E-state index is 0.751. The first-order valence-corrected chi connectivity index (χ1v) is 8.06. The molecule has 0 spiro atoms. The van der Waals surface area contributed by atoms with Crippen molar-refractivity contribution >= 4 is 75.1 Å². The lowest BCUT2D eigenvalue weighted by molar-refractivity contribution is 1.21. The zero-order valence-electron chi connectivity index (χ0n) is 8.87. The number of nitrogens with zero attached hydrogens (tertiary/aromatic N) is 2. The fraction of sp³-hybridized carbons (Fsp3) is 0. The predicted molar refractivity (Wildman–Crippen MR) is 87.9 cm³/mol. The number of hydrogen-bond acceptors (Lipinski definition) is 2. The summed E-state index contributed by atoms with van der Waals surface area (Å²) in [6.45, 7) is 0. The summed E-state index contributed by atoms with van der Waals surface area (Å²) in [5.74, 6) is 0. The molecule has 0 aliphatic heterocycles. The van der Waals surface area contributed by atoms with E-state index in [0.29, 0.717) is 0 Å². The molecule has 0 aliphatic carbocycles. The van der Waals surface area contributed by atoms with Crippen molar-refractivity contribution in [3.05, 3.63) is 54.3 Å². The minimum Gasteiger partial charge on any atom is -0.151 e. The van der Waals surface area contributed by atoms with Gasteiger partial charge < -0.3 is 0 Å². The molecule has 0 radical (unpaired) electrons. The standard InChI is InChI=1S/C12H6Br4N2/c13-8-6-9(11(15)12(16)10(8)14)18-17-7-4-2-1-3-5-7/h1-6H. The third kappa shape index (κ3) is 3.29. The molecule has 18 heavy (non-hydrogen) atoms. The highest BCUT2D eigenvalue weighted by Crippen LogP contribution is 2.42. The molecular weight excluding hydrogens is 492 g/mol. The van der Waals surface area contributed by atoms with Crippen molar-refractivity contribution in [3.63, 3.8) is 0 Å². The first-order valence-electron chi connectivity index (χ1n) is 4.89. The van der Waals surface area contributed by atoms with E-state index >= 15 is 0 Å². The van der Waals surface area contributed by atoms with Gasteiger partial charge in [0.1, 0.15) is 5.69 Å². The molecule has 0 saturated heterocycles. The highest BCUT2D eigenvalue weighted by molar-refractivity contribution is 9.15. The van der Waals surface area contributed by atoms with Gasteiger partial charge in [-0.1, -0.05) is 18.2 Å². The van der Waals surface area contributed by atoms with Crippen molar-refractivity contribution in [3.8, 4) is 0 Å². The third-order valence-corrected chi connectivity index (χ3v) is 6.75. The lowest BCUT2D eigenvalue weighted by atomic mass is 10.3. The van der Waals surface area contributed by atoms with Gasteiger partial charge in [0, 0.05) is 13.4 Å². The maximum atomic E-state index is 4.24. The monoisotopic (exact) mass is 494 g/mol. The van der Waals surface area contributed by atoms with Gasteiger partial charge in [-0.2, -0.15) is 5.11 Å². The largest absolute Gasteiger partial charge is 0.151 e. The van der Waals surface area contributed by atoms with Gasteiger partial charge in [-0.3, -0.25) is 0 Å². The topological polar surface area (TPSA) is 24.7 Å². The van der Waals surface area contributed by atoms with Crippen LogP contribution in [0.5, 0.6) is 0 Å². The summed E-state index contributed by atoms with van der Waals surface area (Å²) in [6.07, 6.45) is 0. The highest BCUT2D eigenvalue weighted by atomic mass is 79.9. The van der Waals surface area contributed by atoms with Gasteiger partial charge in [-0.15, -0.1) is 5.11 Å². The van der Waals surface area contributed by atoms with Crippen molar-refractivity contribution in [2.45, 2.75) is 0 Å². The smallest absolute Gasteiger partial charge is 0.102 e. The van der Waals surface area contributed by atoms with Crippen LogP contribution in [0.15, 0.2) is 64.5 Å². The molecule has 0 bridgehead atoms. The number of rotatable bonds is 2. The van der Waals surface area contributed by atoms with Crippen molar-refractivity contribution in [2.75, 3.05) is 0 Å². The van der Waals surface area contributed by atoms with Crippen LogP contribution >= 0.6 is 63.7 Å². The van der Waals surface area contributed by atoms with Gasteiger partial charge in [0.15, 0.2) is 0 Å². The first kappa shape index (κ1) is 14.4. The van der Waals surface area contributed by atoms with Crippen LogP contribution in [0.4, 0.5) is 11.4 Å². The van der Waals surface area contributed by atoms with E-state index in [0.717, 1.165) is 29.3 Å². The molecule has 2 aromatic carbocycles. The second-order valence-electron chi connectivity index (χ2n) is 3.36. The number of azo groups is 1. The normalized spacial score (nSPS) is 11.1. The van der Waals surface area contributed by atoms with E-state index in [-0.39, 0.29) is 0 Å². The Morgan fingerprint density at radius 1 is 0.722 bits per heavy atom. The Morgan fingerprint density at radius 3 is 2.06 bits per heavy atom. The van der Waals surface area contributed by atoms with Gasteiger partial charge in [-0.05, 0) is 81.9 Å². The van der Waals surface area contributed by atoms with Gasteiger partial charge >= 0.3 is 0 Å². The Bertz CT molecular complexity index is 597. The van der Waals surface area contributed by atoms with Gasteiger partial charge in [0.05, 0.1) is 10.2 Å². The average molecular weight is 498 g/mol. The summed E-state index contributed by atoms with van der Waals surface area (Å²) < 4.78 is 3.61. The lowest BCUT2D eigenvalue weighted by Crippen LogP contribution is -1.77. The quantitative estimate of drug-likeness (QED) is 0.239. The summed E-state index contributed by atoms with van der Waals surface area (Å²) >= 11 is 13.9. The van der Waals surface area contributed by atoms with Crippen molar-refractivity contribution in [2.24, 2.45) is 10.2 Å². The molecule has 0 fully saturated rings. The minimum atomic E-state index is 0.751. The lowest BCUT2D eigenvalue weighted by Gasteiger charge is -2.05. The molecule has 0 saturated carbocycles. The van der Waals surface area contributed by atoms with Gasteiger partial charge in [-0.25, -0.2) is 0 Å². The molecule has 2 aromatic rings. The third-order valence-electron chi connectivity index (χ3n) is 2.11. The first-order chi connectivity index (χ1) is 8.59. The molecule has 0 unspecified atom stereocenters. The Labute approximate surface area is 138 Å². The molecule has 92 valence electrons. The molecule has 0 N–H and O–H groups in total. The number of benzene rings is 2. The fourth-order valence-corrected chi connectivity index (χ4v) is 3.31. The van der Waals surface area contributed by atoms with Crippen molar-refractivity contribution < 1.29 is 0 Å². The Kier molecular flexibility index (Phi) is 5.12. The zero-order valence-corrected chi connectivity index (χ0v) is 15.2. The Morgan fingerprint density at radius 2 is 1.39 bits per heavy atom. The van der Waals surface area contributed by atoms with Crippen LogP contribution in [0.25, 0.3) is 0 Å². The van der Waals surface area contributed by atoms with E-state index in [1.165, 1.54) is 0 Å². The molecule has 2 nitrogen and oxygen atoms in total. The summed E-state index contributed by atoms with van der Waals surface area (Å²) in [5, 5.41) is 8.42. The zero-order chi connectivity index (χ0) is 13.1. The van der Waals surface area contributed by atoms with Crippen molar-refractivity contribution in [1.82, 2.24) is 0 Å². The van der Waals surface area contributed by atoms with E-state index < -0.39 is 0 Å². The SMILES string of the molecule is Brc1cc(N=Nc2ccccc2)c(Br)c(Br)c1Br. The molecule has 0 aromatic heterocycles.